The molecule has 0 saturated carbocycles. The highest BCUT2D eigenvalue weighted by molar-refractivity contribution is 6.04. The van der Waals surface area contributed by atoms with Crippen LogP contribution in [0.15, 0.2) is 28.4 Å². The second-order valence-electron chi connectivity index (χ2n) is 3.77. The van der Waals surface area contributed by atoms with Crippen LogP contribution in [0.3, 0.4) is 0 Å². The summed E-state index contributed by atoms with van der Waals surface area (Å²) >= 11 is 0. The van der Waals surface area contributed by atoms with Crippen molar-refractivity contribution < 1.29 is 19.6 Å². The van der Waals surface area contributed by atoms with Gasteiger partial charge < -0.3 is 5.11 Å². The van der Waals surface area contributed by atoms with Gasteiger partial charge in [0.1, 0.15) is 11.4 Å². The highest BCUT2D eigenvalue weighted by Crippen LogP contribution is 2.30. The summed E-state index contributed by atoms with van der Waals surface area (Å²) in [6, 6.07) is 1.92. The number of rotatable bonds is 5. The van der Waals surface area contributed by atoms with Gasteiger partial charge in [0, 0.05) is 12.1 Å². The number of hydrogen-bond donors (Lipinski definition) is 1. The van der Waals surface area contributed by atoms with Gasteiger partial charge >= 0.3 is 0 Å². The number of phenolic OH excluding ortho intramolecular Hbond substituents is 1. The third-order valence-corrected chi connectivity index (χ3v) is 2.22. The summed E-state index contributed by atoms with van der Waals surface area (Å²) in [5, 5.41) is 27.0. The van der Waals surface area contributed by atoms with Crippen LogP contribution in [0.5, 0.6) is 5.75 Å². The quantitative estimate of drug-likeness (QED) is 0.377. The number of non-ortho nitro benzene ring substituents is 1. The van der Waals surface area contributed by atoms with Gasteiger partial charge in [-0.3, -0.25) is 19.7 Å². The van der Waals surface area contributed by atoms with Gasteiger partial charge in [0.2, 0.25) is 0 Å². The first-order valence-corrected chi connectivity index (χ1v) is 5.22. The molecule has 8 nitrogen and oxygen atoms in total. The molecule has 1 N–H and O–H groups in total. The van der Waals surface area contributed by atoms with E-state index in [0.717, 1.165) is 18.2 Å². The smallest absolute Gasteiger partial charge is 0.271 e. The number of benzene rings is 1. The Bertz CT molecular complexity index is 553. The zero-order valence-electron chi connectivity index (χ0n) is 10.2. The number of ketones is 2. The van der Waals surface area contributed by atoms with Crippen LogP contribution in [0.2, 0.25) is 0 Å². The summed E-state index contributed by atoms with van der Waals surface area (Å²) in [5.74, 6) is -1.33. The van der Waals surface area contributed by atoms with Crippen molar-refractivity contribution in [2.24, 2.45) is 10.2 Å². The lowest BCUT2D eigenvalue weighted by Gasteiger charge is -2.02. The van der Waals surface area contributed by atoms with E-state index >= 15 is 0 Å². The van der Waals surface area contributed by atoms with Gasteiger partial charge in [-0.1, -0.05) is 0 Å². The van der Waals surface area contributed by atoms with E-state index in [0.29, 0.717) is 0 Å². The predicted molar refractivity (Wildman–Crippen MR) is 64.4 cm³/mol. The molecular formula is C11H11N3O5. The number of carbonyl (C=O) groups excluding carboxylic acids is 2. The number of nitro groups is 1. The number of nitrogens with zero attached hydrogens (tertiary/aromatic N) is 3. The first kappa shape index (κ1) is 14.4. The molecule has 0 aliphatic rings. The lowest BCUT2D eigenvalue weighted by atomic mass is 10.1. The van der Waals surface area contributed by atoms with E-state index in [1.165, 1.54) is 13.8 Å². The van der Waals surface area contributed by atoms with E-state index < -0.39 is 22.5 Å². The molecule has 0 aliphatic heterocycles. The molecule has 8 heteroatoms. The molecule has 0 unspecified atom stereocenters. The van der Waals surface area contributed by atoms with Crippen LogP contribution in [0.1, 0.15) is 13.8 Å². The molecule has 100 valence electrons. The largest absolute Gasteiger partial charge is 0.506 e. The standard InChI is InChI=1S/C11H11N3O5/c1-6(15)11(7(2)16)13-12-9-5-8(14(18)19)3-4-10(9)17/h3-5,11,17H,1-2H3. The van der Waals surface area contributed by atoms with Crippen molar-refractivity contribution in [3.63, 3.8) is 0 Å². The Morgan fingerprint density at radius 3 is 2.37 bits per heavy atom. The highest BCUT2D eigenvalue weighted by atomic mass is 16.6. The minimum Gasteiger partial charge on any atom is -0.506 e. The fourth-order valence-corrected chi connectivity index (χ4v) is 1.27. The summed E-state index contributed by atoms with van der Waals surface area (Å²) in [7, 11) is 0. The van der Waals surface area contributed by atoms with Crippen molar-refractivity contribution in [2.45, 2.75) is 19.9 Å². The van der Waals surface area contributed by atoms with Gasteiger partial charge in [-0.05, 0) is 19.9 Å². The molecule has 1 rings (SSSR count). The Morgan fingerprint density at radius 2 is 1.89 bits per heavy atom. The van der Waals surface area contributed by atoms with Gasteiger partial charge in [-0.2, -0.15) is 10.2 Å². The van der Waals surface area contributed by atoms with Crippen LogP contribution >= 0.6 is 0 Å². The number of aromatic hydroxyl groups is 1. The van der Waals surface area contributed by atoms with Crippen LogP contribution in [-0.2, 0) is 9.59 Å². The SMILES string of the molecule is CC(=O)C(N=Nc1cc([N+](=O)[O-])ccc1O)C(C)=O. The van der Waals surface area contributed by atoms with E-state index in [9.17, 15) is 24.8 Å². The molecule has 0 aromatic heterocycles. The molecule has 0 fully saturated rings. The molecule has 1 aromatic carbocycles. The lowest BCUT2D eigenvalue weighted by Crippen LogP contribution is -2.23. The Morgan fingerprint density at radius 1 is 1.32 bits per heavy atom. The zero-order valence-corrected chi connectivity index (χ0v) is 10.2. The zero-order chi connectivity index (χ0) is 14.6. The molecule has 0 heterocycles. The lowest BCUT2D eigenvalue weighted by molar-refractivity contribution is -0.384. The van der Waals surface area contributed by atoms with E-state index in [1.54, 1.807) is 0 Å². The van der Waals surface area contributed by atoms with E-state index in [1.807, 2.05) is 0 Å². The van der Waals surface area contributed by atoms with E-state index in [4.69, 9.17) is 0 Å². The topological polar surface area (TPSA) is 122 Å². The van der Waals surface area contributed by atoms with Crippen LogP contribution in [0.4, 0.5) is 11.4 Å². The molecule has 0 radical (unpaired) electrons. The summed E-state index contributed by atoms with van der Waals surface area (Å²) in [4.78, 5) is 32.1. The molecule has 19 heavy (non-hydrogen) atoms. The number of Topliss-reactive ketones (excluding diaryl/α,β-unsaturated/α-hetero) is 2. The Balaban J connectivity index is 3.10. The maximum absolute atomic E-state index is 11.1. The Hall–Kier alpha value is -2.64. The van der Waals surface area contributed by atoms with E-state index in [2.05, 4.69) is 10.2 Å². The number of phenols is 1. The van der Waals surface area contributed by atoms with Gasteiger partial charge in [0.25, 0.3) is 5.69 Å². The van der Waals surface area contributed by atoms with Gasteiger partial charge in [0.05, 0.1) is 4.92 Å². The van der Waals surface area contributed by atoms with Crippen molar-refractivity contribution in [1.29, 1.82) is 0 Å². The van der Waals surface area contributed by atoms with Gasteiger partial charge in [-0.25, -0.2) is 0 Å². The number of hydrogen-bond acceptors (Lipinski definition) is 7. The van der Waals surface area contributed by atoms with Crippen LogP contribution in [0, 0.1) is 10.1 Å². The molecule has 0 saturated heterocycles. The van der Waals surface area contributed by atoms with Crippen molar-refractivity contribution >= 4 is 22.9 Å². The second-order valence-corrected chi connectivity index (χ2v) is 3.77. The van der Waals surface area contributed by atoms with Crippen molar-refractivity contribution in [1.82, 2.24) is 0 Å². The molecular weight excluding hydrogens is 254 g/mol. The Kier molecular flexibility index (Phi) is 4.41. The van der Waals surface area contributed by atoms with Crippen LogP contribution in [-0.4, -0.2) is 27.6 Å². The first-order chi connectivity index (χ1) is 8.82. The second kappa shape index (κ2) is 5.80. The molecule has 0 aliphatic carbocycles. The van der Waals surface area contributed by atoms with Gasteiger partial charge in [-0.15, -0.1) is 0 Å². The predicted octanol–water partition coefficient (Wildman–Crippen LogP) is 1.93. The molecule has 0 bridgehead atoms. The number of azo groups is 1. The fraction of sp³-hybridized carbons (Fsp3) is 0.273. The maximum atomic E-state index is 11.1. The Labute approximate surface area is 107 Å². The number of nitro benzene ring substituents is 1. The highest BCUT2D eigenvalue weighted by Gasteiger charge is 2.19. The van der Waals surface area contributed by atoms with Crippen LogP contribution < -0.4 is 0 Å². The molecule has 0 atom stereocenters. The fourth-order valence-electron chi connectivity index (χ4n) is 1.27. The third kappa shape index (κ3) is 3.66. The van der Waals surface area contributed by atoms with Crippen molar-refractivity contribution in [3.8, 4) is 5.75 Å². The number of carbonyl (C=O) groups is 2. The van der Waals surface area contributed by atoms with Crippen molar-refractivity contribution in [3.05, 3.63) is 28.3 Å². The molecule has 0 amide bonds. The van der Waals surface area contributed by atoms with Gasteiger partial charge in [0.15, 0.2) is 17.6 Å². The summed E-state index contributed by atoms with van der Waals surface area (Å²) in [5.41, 5.74) is -0.462. The first-order valence-electron chi connectivity index (χ1n) is 5.22. The summed E-state index contributed by atoms with van der Waals surface area (Å²) in [6.07, 6.45) is 0. The molecule has 1 aromatic rings. The maximum Gasteiger partial charge on any atom is 0.271 e. The monoisotopic (exact) mass is 265 g/mol. The summed E-state index contributed by atoms with van der Waals surface area (Å²) < 4.78 is 0. The molecule has 0 spiro atoms. The van der Waals surface area contributed by atoms with Crippen LogP contribution in [0.25, 0.3) is 0 Å². The average molecular weight is 265 g/mol. The minimum atomic E-state index is -1.27. The van der Waals surface area contributed by atoms with E-state index in [-0.39, 0.29) is 17.1 Å². The third-order valence-electron chi connectivity index (χ3n) is 2.22. The average Bonchev–Trinajstić information content (AvgIpc) is 2.30. The van der Waals surface area contributed by atoms with Crippen molar-refractivity contribution in [2.75, 3.05) is 0 Å². The summed E-state index contributed by atoms with van der Waals surface area (Å²) in [6.45, 7) is 2.36. The normalized spacial score (nSPS) is 10.9. The minimum absolute atomic E-state index is 0.179.